The highest BCUT2D eigenvalue weighted by molar-refractivity contribution is 7.98. The number of hydrogen-bond donors (Lipinski definition) is 1. The molecule has 3 aromatic heterocycles. The van der Waals surface area contributed by atoms with Gasteiger partial charge < -0.3 is 4.98 Å². The highest BCUT2D eigenvalue weighted by Gasteiger charge is 2.08. The van der Waals surface area contributed by atoms with Gasteiger partial charge in [0.2, 0.25) is 4.96 Å². The van der Waals surface area contributed by atoms with Crippen molar-refractivity contribution in [1.29, 1.82) is 0 Å². The molecular formula is C12H11N5O2S2. The van der Waals surface area contributed by atoms with Crippen LogP contribution in [0.3, 0.4) is 0 Å². The van der Waals surface area contributed by atoms with E-state index in [0.717, 1.165) is 5.01 Å². The molecule has 0 aromatic carbocycles. The lowest BCUT2D eigenvalue weighted by molar-refractivity contribution is 0.870. The Morgan fingerprint density at radius 3 is 2.86 bits per heavy atom. The number of fused-ring (bicyclic) bond motifs is 1. The number of aromatic amines is 1. The molecule has 0 amide bonds. The second-order valence-corrected chi connectivity index (χ2v) is 6.51. The molecule has 21 heavy (non-hydrogen) atoms. The third-order valence-corrected chi connectivity index (χ3v) is 4.33. The molecule has 0 aliphatic heterocycles. The zero-order chi connectivity index (χ0) is 15.0. The lowest BCUT2D eigenvalue weighted by atomic mass is 10.4. The SMILES string of the molecule is Cc1cc(=O)[nH]c(SCc2cc(=O)n3nc(C)sc3n2)n1. The van der Waals surface area contributed by atoms with Gasteiger partial charge in [-0.2, -0.15) is 9.61 Å². The van der Waals surface area contributed by atoms with E-state index in [0.29, 0.717) is 27.3 Å². The van der Waals surface area contributed by atoms with Gasteiger partial charge in [-0.15, -0.1) is 0 Å². The third kappa shape index (κ3) is 3.03. The summed E-state index contributed by atoms with van der Waals surface area (Å²) in [6, 6.07) is 2.88. The van der Waals surface area contributed by atoms with Crippen LogP contribution in [0, 0.1) is 13.8 Å². The summed E-state index contributed by atoms with van der Waals surface area (Å²) in [7, 11) is 0. The predicted octanol–water partition coefficient (Wildman–Crippen LogP) is 1.14. The molecule has 0 aliphatic carbocycles. The van der Waals surface area contributed by atoms with Gasteiger partial charge >= 0.3 is 0 Å². The monoisotopic (exact) mass is 321 g/mol. The first-order chi connectivity index (χ1) is 10.0. The minimum absolute atomic E-state index is 0.188. The molecule has 0 atom stereocenters. The number of hydrogen-bond acceptors (Lipinski definition) is 7. The van der Waals surface area contributed by atoms with Crippen molar-refractivity contribution in [3.05, 3.63) is 49.2 Å². The van der Waals surface area contributed by atoms with Crippen LogP contribution in [-0.2, 0) is 5.75 Å². The van der Waals surface area contributed by atoms with Gasteiger partial charge in [0.25, 0.3) is 11.1 Å². The maximum Gasteiger partial charge on any atom is 0.275 e. The Hall–Kier alpha value is -2.00. The Morgan fingerprint density at radius 1 is 1.29 bits per heavy atom. The van der Waals surface area contributed by atoms with E-state index in [2.05, 4.69) is 20.1 Å². The van der Waals surface area contributed by atoms with Gasteiger partial charge in [-0.05, 0) is 13.8 Å². The van der Waals surface area contributed by atoms with Gasteiger partial charge in [0.15, 0.2) is 5.16 Å². The fourth-order valence-electron chi connectivity index (χ4n) is 1.79. The number of aryl methyl sites for hydroxylation is 2. The predicted molar refractivity (Wildman–Crippen MR) is 81.0 cm³/mol. The van der Waals surface area contributed by atoms with Crippen LogP contribution in [0.1, 0.15) is 16.4 Å². The fraction of sp³-hybridized carbons (Fsp3) is 0.250. The van der Waals surface area contributed by atoms with Crippen molar-refractivity contribution < 1.29 is 0 Å². The van der Waals surface area contributed by atoms with E-state index in [4.69, 9.17) is 0 Å². The first kappa shape index (κ1) is 14.0. The van der Waals surface area contributed by atoms with Gasteiger partial charge in [-0.25, -0.2) is 9.97 Å². The van der Waals surface area contributed by atoms with Gasteiger partial charge in [0.1, 0.15) is 5.01 Å². The van der Waals surface area contributed by atoms with Crippen molar-refractivity contribution in [3.8, 4) is 0 Å². The lowest BCUT2D eigenvalue weighted by Gasteiger charge is -2.01. The summed E-state index contributed by atoms with van der Waals surface area (Å²) >= 11 is 2.70. The maximum atomic E-state index is 11.9. The normalized spacial score (nSPS) is 11.1. The summed E-state index contributed by atoms with van der Waals surface area (Å²) in [5, 5.41) is 5.39. The molecule has 3 aromatic rings. The minimum atomic E-state index is -0.203. The first-order valence-corrected chi connectivity index (χ1v) is 7.88. The van der Waals surface area contributed by atoms with Crippen molar-refractivity contribution in [2.45, 2.75) is 24.8 Å². The zero-order valence-corrected chi connectivity index (χ0v) is 12.9. The lowest BCUT2D eigenvalue weighted by Crippen LogP contribution is -2.15. The number of aromatic nitrogens is 5. The molecule has 0 radical (unpaired) electrons. The van der Waals surface area contributed by atoms with E-state index in [9.17, 15) is 9.59 Å². The second-order valence-electron chi connectivity index (χ2n) is 4.38. The summed E-state index contributed by atoms with van der Waals surface area (Å²) < 4.78 is 1.29. The molecule has 0 aliphatic rings. The molecule has 0 fully saturated rings. The highest BCUT2D eigenvalue weighted by atomic mass is 32.2. The van der Waals surface area contributed by atoms with Gasteiger partial charge in [-0.3, -0.25) is 9.59 Å². The van der Waals surface area contributed by atoms with Crippen molar-refractivity contribution in [3.63, 3.8) is 0 Å². The quantitative estimate of drug-likeness (QED) is 0.574. The van der Waals surface area contributed by atoms with Crippen molar-refractivity contribution in [2.24, 2.45) is 0 Å². The molecular weight excluding hydrogens is 310 g/mol. The number of H-pyrrole nitrogens is 1. The summed E-state index contributed by atoms with van der Waals surface area (Å²) in [6.45, 7) is 3.59. The molecule has 0 saturated heterocycles. The van der Waals surface area contributed by atoms with Crippen LogP contribution < -0.4 is 11.1 Å². The summed E-state index contributed by atoms with van der Waals surface area (Å²) in [5.41, 5.74) is 0.901. The molecule has 0 unspecified atom stereocenters. The summed E-state index contributed by atoms with van der Waals surface area (Å²) in [4.78, 5) is 35.1. The summed E-state index contributed by atoms with van der Waals surface area (Å²) in [6.07, 6.45) is 0. The average Bonchev–Trinajstić information content (AvgIpc) is 2.76. The summed E-state index contributed by atoms with van der Waals surface area (Å²) in [5.74, 6) is 0.453. The maximum absolute atomic E-state index is 11.9. The number of rotatable bonds is 3. The van der Waals surface area contributed by atoms with Crippen LogP contribution in [0.25, 0.3) is 4.96 Å². The van der Waals surface area contributed by atoms with Gasteiger partial charge in [-0.1, -0.05) is 23.1 Å². The van der Waals surface area contributed by atoms with E-state index < -0.39 is 0 Å². The van der Waals surface area contributed by atoms with Gasteiger partial charge in [0, 0.05) is 23.6 Å². The van der Waals surface area contributed by atoms with Crippen LogP contribution in [0.4, 0.5) is 0 Å². The van der Waals surface area contributed by atoms with E-state index in [1.165, 1.54) is 39.7 Å². The molecule has 0 bridgehead atoms. The largest absolute Gasteiger partial charge is 0.301 e. The smallest absolute Gasteiger partial charge is 0.275 e. The molecule has 3 rings (SSSR count). The molecule has 7 nitrogen and oxygen atoms in total. The standard InChI is InChI=1S/C12H11N5O2S2/c1-6-3-9(18)15-11(13-6)20-5-8-4-10(19)17-12(14-8)21-7(2)16-17/h3-4H,5H2,1-2H3,(H,13,15,18). The highest BCUT2D eigenvalue weighted by Crippen LogP contribution is 2.18. The van der Waals surface area contributed by atoms with Crippen LogP contribution in [-0.4, -0.2) is 24.6 Å². The van der Waals surface area contributed by atoms with Crippen LogP contribution in [0.5, 0.6) is 0 Å². The molecule has 108 valence electrons. The number of nitrogens with one attached hydrogen (secondary N) is 1. The van der Waals surface area contributed by atoms with Crippen LogP contribution >= 0.6 is 23.1 Å². The molecule has 9 heteroatoms. The van der Waals surface area contributed by atoms with Crippen molar-refractivity contribution >= 4 is 28.1 Å². The first-order valence-electron chi connectivity index (χ1n) is 6.08. The number of nitrogens with zero attached hydrogens (tertiary/aromatic N) is 4. The van der Waals surface area contributed by atoms with Crippen LogP contribution in [0.15, 0.2) is 26.9 Å². The minimum Gasteiger partial charge on any atom is -0.301 e. The van der Waals surface area contributed by atoms with Gasteiger partial charge in [0.05, 0.1) is 5.69 Å². The van der Waals surface area contributed by atoms with E-state index >= 15 is 0 Å². The second kappa shape index (κ2) is 5.41. The zero-order valence-electron chi connectivity index (χ0n) is 11.3. The van der Waals surface area contributed by atoms with E-state index in [1.54, 1.807) is 6.92 Å². The fourth-order valence-corrected chi connectivity index (χ4v) is 3.37. The molecule has 1 N–H and O–H groups in total. The Kier molecular flexibility index (Phi) is 3.60. The Labute approximate surface area is 127 Å². The average molecular weight is 321 g/mol. The van der Waals surface area contributed by atoms with E-state index in [-0.39, 0.29) is 11.1 Å². The molecule has 3 heterocycles. The number of thioether (sulfide) groups is 1. The third-order valence-electron chi connectivity index (χ3n) is 2.60. The Bertz CT molecular complexity index is 927. The Balaban J connectivity index is 1.88. The van der Waals surface area contributed by atoms with Crippen molar-refractivity contribution in [2.75, 3.05) is 0 Å². The molecule has 0 spiro atoms. The van der Waals surface area contributed by atoms with Crippen molar-refractivity contribution in [1.82, 2.24) is 24.6 Å². The topological polar surface area (TPSA) is 93.0 Å². The van der Waals surface area contributed by atoms with Crippen LogP contribution in [0.2, 0.25) is 0 Å². The van der Waals surface area contributed by atoms with E-state index in [1.807, 2.05) is 6.92 Å². The Morgan fingerprint density at radius 2 is 2.10 bits per heavy atom. The molecule has 0 saturated carbocycles.